The Labute approximate surface area is 98.2 Å². The zero-order valence-electron chi connectivity index (χ0n) is 10.0. The van der Waals surface area contributed by atoms with Crippen molar-refractivity contribution in [2.45, 2.75) is 57.5 Å². The maximum absolute atomic E-state index is 11.7. The predicted molar refractivity (Wildman–Crippen MR) is 65.6 cm³/mol. The molecule has 0 aromatic heterocycles. The molecule has 3 nitrogen and oxygen atoms in total. The van der Waals surface area contributed by atoms with Crippen molar-refractivity contribution >= 4 is 5.91 Å². The van der Waals surface area contributed by atoms with E-state index >= 15 is 0 Å². The van der Waals surface area contributed by atoms with Crippen molar-refractivity contribution in [2.75, 3.05) is 0 Å². The Hall–Kier alpha value is -1.01. The summed E-state index contributed by atoms with van der Waals surface area (Å²) in [6.45, 7) is 2.27. The standard InChI is InChI=1S/C13H22N2O/c1-3-5-12(14)13(16)15-11-7-4-6-10(2)8-9-11/h1,10-12H,4-9,14H2,2H3,(H,15,16). The second-order valence-electron chi connectivity index (χ2n) is 4.83. The highest BCUT2D eigenvalue weighted by Gasteiger charge is 2.20. The van der Waals surface area contributed by atoms with Crippen molar-refractivity contribution in [1.29, 1.82) is 0 Å². The van der Waals surface area contributed by atoms with Gasteiger partial charge in [0.05, 0.1) is 6.04 Å². The Morgan fingerprint density at radius 1 is 1.50 bits per heavy atom. The lowest BCUT2D eigenvalue weighted by atomic mass is 10.0. The molecule has 1 rings (SSSR count). The quantitative estimate of drug-likeness (QED) is 0.560. The molecule has 0 heterocycles. The van der Waals surface area contributed by atoms with Crippen LogP contribution in [0.4, 0.5) is 0 Å². The lowest BCUT2D eigenvalue weighted by molar-refractivity contribution is -0.123. The van der Waals surface area contributed by atoms with Crippen LogP contribution in [0.25, 0.3) is 0 Å². The summed E-state index contributed by atoms with van der Waals surface area (Å²) >= 11 is 0. The molecule has 3 heteroatoms. The average molecular weight is 222 g/mol. The molecule has 0 spiro atoms. The van der Waals surface area contributed by atoms with Gasteiger partial charge < -0.3 is 11.1 Å². The number of carbonyl (C=O) groups excluding carboxylic acids is 1. The van der Waals surface area contributed by atoms with Gasteiger partial charge in [0.2, 0.25) is 5.91 Å². The zero-order valence-corrected chi connectivity index (χ0v) is 10.0. The fourth-order valence-corrected chi connectivity index (χ4v) is 2.16. The summed E-state index contributed by atoms with van der Waals surface area (Å²) in [5.41, 5.74) is 5.66. The second-order valence-corrected chi connectivity index (χ2v) is 4.83. The van der Waals surface area contributed by atoms with Crippen molar-refractivity contribution in [2.24, 2.45) is 11.7 Å². The number of amides is 1. The first kappa shape index (κ1) is 13.1. The van der Waals surface area contributed by atoms with Crippen molar-refractivity contribution < 1.29 is 4.79 Å². The van der Waals surface area contributed by atoms with Gasteiger partial charge in [0, 0.05) is 12.5 Å². The molecule has 0 aromatic rings. The largest absolute Gasteiger partial charge is 0.352 e. The van der Waals surface area contributed by atoms with E-state index in [1.165, 1.54) is 19.3 Å². The number of carbonyl (C=O) groups is 1. The van der Waals surface area contributed by atoms with Gasteiger partial charge in [-0.2, -0.15) is 0 Å². The minimum atomic E-state index is -0.550. The Morgan fingerprint density at radius 2 is 2.25 bits per heavy atom. The van der Waals surface area contributed by atoms with E-state index in [4.69, 9.17) is 12.2 Å². The highest BCUT2D eigenvalue weighted by molar-refractivity contribution is 5.82. The van der Waals surface area contributed by atoms with Gasteiger partial charge in [-0.3, -0.25) is 4.79 Å². The highest BCUT2D eigenvalue weighted by Crippen LogP contribution is 2.22. The summed E-state index contributed by atoms with van der Waals surface area (Å²) in [7, 11) is 0. The van der Waals surface area contributed by atoms with Crippen LogP contribution in [-0.2, 0) is 4.79 Å². The highest BCUT2D eigenvalue weighted by atomic mass is 16.2. The molecule has 1 fully saturated rings. The normalized spacial score (nSPS) is 27.6. The molecule has 0 radical (unpaired) electrons. The molecule has 1 saturated carbocycles. The maximum Gasteiger partial charge on any atom is 0.238 e. The second kappa shape index (κ2) is 6.55. The zero-order chi connectivity index (χ0) is 12.0. The van der Waals surface area contributed by atoms with Crippen LogP contribution in [0.2, 0.25) is 0 Å². The summed E-state index contributed by atoms with van der Waals surface area (Å²) in [4.78, 5) is 11.7. The monoisotopic (exact) mass is 222 g/mol. The molecular formula is C13H22N2O. The van der Waals surface area contributed by atoms with E-state index < -0.39 is 6.04 Å². The first-order valence-electron chi connectivity index (χ1n) is 6.13. The third-order valence-electron chi connectivity index (χ3n) is 3.28. The summed E-state index contributed by atoms with van der Waals surface area (Å²) in [6.07, 6.45) is 11.2. The van der Waals surface area contributed by atoms with Crippen molar-refractivity contribution in [1.82, 2.24) is 5.32 Å². The van der Waals surface area contributed by atoms with Crippen LogP contribution >= 0.6 is 0 Å². The van der Waals surface area contributed by atoms with Gasteiger partial charge in [0.15, 0.2) is 0 Å². The van der Waals surface area contributed by atoms with E-state index in [0.717, 1.165) is 18.8 Å². The van der Waals surface area contributed by atoms with Crippen LogP contribution in [0.15, 0.2) is 0 Å². The lowest BCUT2D eigenvalue weighted by Crippen LogP contribution is -2.45. The predicted octanol–water partition coefficient (Wildman–Crippen LogP) is 1.42. The summed E-state index contributed by atoms with van der Waals surface area (Å²) in [5.74, 6) is 3.10. The molecule has 0 bridgehead atoms. The van der Waals surface area contributed by atoms with E-state index in [1.807, 2.05) is 0 Å². The number of nitrogens with two attached hydrogens (primary N) is 1. The fourth-order valence-electron chi connectivity index (χ4n) is 2.16. The van der Waals surface area contributed by atoms with Gasteiger partial charge in [0.25, 0.3) is 0 Å². The molecule has 0 aromatic carbocycles. The van der Waals surface area contributed by atoms with Crippen molar-refractivity contribution in [3.05, 3.63) is 0 Å². The Balaban J connectivity index is 2.36. The van der Waals surface area contributed by atoms with E-state index in [0.29, 0.717) is 12.5 Å². The van der Waals surface area contributed by atoms with E-state index in [-0.39, 0.29) is 5.91 Å². The number of hydrogen-bond acceptors (Lipinski definition) is 2. The van der Waals surface area contributed by atoms with Crippen molar-refractivity contribution in [3.8, 4) is 12.3 Å². The van der Waals surface area contributed by atoms with Crippen LogP contribution in [-0.4, -0.2) is 18.0 Å². The SMILES string of the molecule is C#CCC(N)C(=O)NC1CCCC(C)CC1. The van der Waals surface area contributed by atoms with Gasteiger partial charge in [-0.15, -0.1) is 12.3 Å². The molecule has 90 valence electrons. The average Bonchev–Trinajstić information content (AvgIpc) is 2.44. The lowest BCUT2D eigenvalue weighted by Gasteiger charge is -2.18. The number of rotatable bonds is 3. The summed E-state index contributed by atoms with van der Waals surface area (Å²) in [6, 6.07) is -0.257. The minimum absolute atomic E-state index is 0.0995. The summed E-state index contributed by atoms with van der Waals surface area (Å²) < 4.78 is 0. The molecule has 3 unspecified atom stereocenters. The van der Waals surface area contributed by atoms with Crippen molar-refractivity contribution in [3.63, 3.8) is 0 Å². The smallest absolute Gasteiger partial charge is 0.238 e. The van der Waals surface area contributed by atoms with E-state index in [2.05, 4.69) is 18.2 Å². The van der Waals surface area contributed by atoms with Crippen LogP contribution < -0.4 is 11.1 Å². The summed E-state index contributed by atoms with van der Waals surface area (Å²) in [5, 5.41) is 3.00. The van der Waals surface area contributed by atoms with Crippen LogP contribution in [0.5, 0.6) is 0 Å². The van der Waals surface area contributed by atoms with Crippen LogP contribution in [0.3, 0.4) is 0 Å². The first-order chi connectivity index (χ1) is 7.63. The van der Waals surface area contributed by atoms with E-state index in [9.17, 15) is 4.79 Å². The third-order valence-corrected chi connectivity index (χ3v) is 3.28. The van der Waals surface area contributed by atoms with Crippen LogP contribution in [0, 0.1) is 18.3 Å². The molecule has 16 heavy (non-hydrogen) atoms. The minimum Gasteiger partial charge on any atom is -0.352 e. The third kappa shape index (κ3) is 4.24. The first-order valence-corrected chi connectivity index (χ1v) is 6.13. The van der Waals surface area contributed by atoms with Gasteiger partial charge in [-0.25, -0.2) is 0 Å². The van der Waals surface area contributed by atoms with Gasteiger partial charge in [-0.1, -0.05) is 19.8 Å². The van der Waals surface area contributed by atoms with Gasteiger partial charge in [-0.05, 0) is 25.2 Å². The number of nitrogens with one attached hydrogen (secondary N) is 1. The number of hydrogen-bond donors (Lipinski definition) is 2. The topological polar surface area (TPSA) is 55.1 Å². The molecule has 1 aliphatic carbocycles. The Bertz CT molecular complexity index is 270. The molecule has 1 aliphatic rings. The molecule has 0 aliphatic heterocycles. The molecule has 0 saturated heterocycles. The Kier molecular flexibility index (Phi) is 5.34. The molecule has 3 atom stereocenters. The van der Waals surface area contributed by atoms with Crippen LogP contribution in [0.1, 0.15) is 45.4 Å². The molecule has 1 amide bonds. The fraction of sp³-hybridized carbons (Fsp3) is 0.769. The molecule has 3 N–H and O–H groups in total. The molecular weight excluding hydrogens is 200 g/mol. The van der Waals surface area contributed by atoms with E-state index in [1.54, 1.807) is 0 Å². The van der Waals surface area contributed by atoms with Gasteiger partial charge >= 0.3 is 0 Å². The van der Waals surface area contributed by atoms with Gasteiger partial charge in [0.1, 0.15) is 0 Å². The maximum atomic E-state index is 11.7. The Morgan fingerprint density at radius 3 is 2.94 bits per heavy atom. The number of terminal acetylenes is 1.